The Kier molecular flexibility index (Phi) is 2.88. The van der Waals surface area contributed by atoms with Crippen LogP contribution in [0.15, 0.2) is 0 Å². The lowest BCUT2D eigenvalue weighted by Gasteiger charge is -2.32. The highest BCUT2D eigenvalue weighted by Crippen LogP contribution is 2.39. The van der Waals surface area contributed by atoms with Crippen molar-refractivity contribution in [3.63, 3.8) is 0 Å². The smallest absolute Gasteiger partial charge is 0.378 e. The Balaban J connectivity index is 1.69. The van der Waals surface area contributed by atoms with Crippen LogP contribution < -0.4 is 0 Å². The van der Waals surface area contributed by atoms with Gasteiger partial charge >= 0.3 is 5.97 Å². The number of carbonyl (C=O) groups excluding carboxylic acids is 2. The van der Waals surface area contributed by atoms with E-state index in [1.165, 1.54) is 6.42 Å². The third kappa shape index (κ3) is 1.84. The van der Waals surface area contributed by atoms with Crippen molar-refractivity contribution in [3.05, 3.63) is 0 Å². The average molecular weight is 256 g/mol. The van der Waals surface area contributed by atoms with Crippen molar-refractivity contribution in [2.45, 2.75) is 56.2 Å². The summed E-state index contributed by atoms with van der Waals surface area (Å²) in [6, 6.07) is 0. The first kappa shape index (κ1) is 12.1. The third-order valence-corrected chi connectivity index (χ3v) is 3.88. The lowest BCUT2D eigenvalue weighted by Crippen LogP contribution is -2.40. The molecule has 3 atom stereocenters. The number of hydrogen-bond donors (Lipinski definition) is 1. The number of aliphatic hydroxyl groups is 1. The first-order valence-corrected chi connectivity index (χ1v) is 6.36. The Morgan fingerprint density at radius 3 is 2.50 bits per heavy atom. The van der Waals surface area contributed by atoms with Gasteiger partial charge in [0.15, 0.2) is 18.0 Å². The molecule has 0 amide bonds. The summed E-state index contributed by atoms with van der Waals surface area (Å²) in [4.78, 5) is 22.3. The summed E-state index contributed by atoms with van der Waals surface area (Å²) in [6.45, 7) is 0.252. The number of hydrogen-bond acceptors (Lipinski definition) is 6. The molecule has 3 rings (SSSR count). The van der Waals surface area contributed by atoms with E-state index in [0.29, 0.717) is 0 Å². The van der Waals surface area contributed by atoms with E-state index < -0.39 is 35.9 Å². The van der Waals surface area contributed by atoms with Crippen LogP contribution in [0.1, 0.15) is 32.1 Å². The maximum Gasteiger partial charge on any atom is 0.378 e. The van der Waals surface area contributed by atoms with E-state index in [0.717, 1.165) is 25.7 Å². The van der Waals surface area contributed by atoms with Gasteiger partial charge in [-0.3, -0.25) is 4.79 Å². The molecule has 18 heavy (non-hydrogen) atoms. The summed E-state index contributed by atoms with van der Waals surface area (Å²) in [5.41, 5.74) is 0. The molecule has 2 heterocycles. The van der Waals surface area contributed by atoms with Crippen molar-refractivity contribution in [2.24, 2.45) is 0 Å². The zero-order chi connectivity index (χ0) is 12.8. The van der Waals surface area contributed by atoms with E-state index >= 15 is 0 Å². The average Bonchev–Trinajstić information content (AvgIpc) is 2.88. The molecule has 1 saturated carbocycles. The molecule has 3 fully saturated rings. The van der Waals surface area contributed by atoms with E-state index in [9.17, 15) is 14.7 Å². The van der Waals surface area contributed by atoms with Crippen molar-refractivity contribution in [3.8, 4) is 0 Å². The topological polar surface area (TPSA) is 82.1 Å². The summed E-state index contributed by atoms with van der Waals surface area (Å²) >= 11 is 0. The molecule has 0 aromatic heterocycles. The standard InChI is InChI=1S/C12H16O6/c13-8-9(14)11(15)17-10(8)7-6-16-12(18-7)4-2-1-3-5-12/h7-8,10,13H,1-6H2/t7-,8?,10-/m1/s1. The van der Waals surface area contributed by atoms with E-state index in [4.69, 9.17) is 14.2 Å². The minimum Gasteiger partial charge on any atom is -0.450 e. The fraction of sp³-hybridized carbons (Fsp3) is 0.833. The number of rotatable bonds is 1. The molecule has 100 valence electrons. The Labute approximate surface area is 104 Å². The van der Waals surface area contributed by atoms with Crippen molar-refractivity contribution in [1.29, 1.82) is 0 Å². The normalized spacial score (nSPS) is 39.3. The van der Waals surface area contributed by atoms with Crippen LogP contribution in [0.25, 0.3) is 0 Å². The summed E-state index contributed by atoms with van der Waals surface area (Å²) in [5.74, 6) is -2.48. The zero-order valence-electron chi connectivity index (χ0n) is 9.96. The fourth-order valence-corrected chi connectivity index (χ4v) is 2.89. The van der Waals surface area contributed by atoms with E-state index in [1.54, 1.807) is 0 Å². The van der Waals surface area contributed by atoms with Crippen LogP contribution in [0, 0.1) is 0 Å². The first-order valence-electron chi connectivity index (χ1n) is 6.36. The molecule has 6 heteroatoms. The van der Waals surface area contributed by atoms with Crippen LogP contribution in [0.3, 0.4) is 0 Å². The Morgan fingerprint density at radius 1 is 1.17 bits per heavy atom. The fourth-order valence-electron chi connectivity index (χ4n) is 2.89. The number of Topliss-reactive ketones (excluding diaryl/α,β-unsaturated/α-hetero) is 1. The number of cyclic esters (lactones) is 1. The Hall–Kier alpha value is -0.980. The monoisotopic (exact) mass is 256 g/mol. The van der Waals surface area contributed by atoms with Gasteiger partial charge in [-0.1, -0.05) is 6.42 Å². The largest absolute Gasteiger partial charge is 0.450 e. The highest BCUT2D eigenvalue weighted by molar-refractivity contribution is 6.37. The van der Waals surface area contributed by atoms with Gasteiger partial charge in [-0.25, -0.2) is 4.79 Å². The lowest BCUT2D eigenvalue weighted by molar-refractivity contribution is -0.200. The number of ether oxygens (including phenoxy) is 3. The van der Waals surface area contributed by atoms with E-state index in [-0.39, 0.29) is 6.61 Å². The number of esters is 1. The van der Waals surface area contributed by atoms with Crippen molar-refractivity contribution in [1.82, 2.24) is 0 Å². The second kappa shape index (κ2) is 4.29. The summed E-state index contributed by atoms with van der Waals surface area (Å²) in [7, 11) is 0. The van der Waals surface area contributed by atoms with Crippen LogP contribution in [0.4, 0.5) is 0 Å². The van der Waals surface area contributed by atoms with Crippen LogP contribution in [0.5, 0.6) is 0 Å². The predicted octanol–water partition coefficient (Wildman–Crippen LogP) is -0.0824. The van der Waals surface area contributed by atoms with Gasteiger partial charge in [0.1, 0.15) is 6.10 Å². The molecule has 0 bridgehead atoms. The van der Waals surface area contributed by atoms with Gasteiger partial charge in [-0.2, -0.15) is 0 Å². The number of aliphatic hydroxyl groups excluding tert-OH is 1. The molecule has 0 aromatic rings. The van der Waals surface area contributed by atoms with Crippen molar-refractivity contribution >= 4 is 11.8 Å². The van der Waals surface area contributed by atoms with Crippen LogP contribution in [0.2, 0.25) is 0 Å². The van der Waals surface area contributed by atoms with E-state index in [1.807, 2.05) is 0 Å². The van der Waals surface area contributed by atoms with Gasteiger partial charge < -0.3 is 19.3 Å². The second-order valence-electron chi connectivity index (χ2n) is 5.12. The molecule has 1 unspecified atom stereocenters. The Morgan fingerprint density at radius 2 is 1.89 bits per heavy atom. The highest BCUT2D eigenvalue weighted by Gasteiger charge is 2.53. The van der Waals surface area contributed by atoms with Gasteiger partial charge in [0.05, 0.1) is 6.61 Å². The summed E-state index contributed by atoms with van der Waals surface area (Å²) in [6.07, 6.45) is 1.97. The molecule has 6 nitrogen and oxygen atoms in total. The van der Waals surface area contributed by atoms with Gasteiger partial charge in [-0.05, 0) is 12.8 Å². The minimum atomic E-state index is -1.43. The predicted molar refractivity (Wildman–Crippen MR) is 57.5 cm³/mol. The third-order valence-electron chi connectivity index (χ3n) is 3.88. The lowest BCUT2D eigenvalue weighted by atomic mass is 9.94. The van der Waals surface area contributed by atoms with Crippen LogP contribution in [-0.2, 0) is 23.8 Å². The molecule has 1 aliphatic carbocycles. The SMILES string of the molecule is O=C1O[C@H]([C@H]2COC3(CCCCC3)O2)C(O)C1=O. The van der Waals surface area contributed by atoms with Gasteiger partial charge in [0.2, 0.25) is 0 Å². The minimum absolute atomic E-state index is 0.252. The zero-order valence-corrected chi connectivity index (χ0v) is 9.96. The first-order chi connectivity index (χ1) is 8.61. The maximum absolute atomic E-state index is 11.2. The Bertz CT molecular complexity index is 373. The molecule has 0 radical (unpaired) electrons. The molecule has 2 aliphatic heterocycles. The second-order valence-corrected chi connectivity index (χ2v) is 5.12. The quantitative estimate of drug-likeness (QED) is 0.522. The molecule has 0 aromatic carbocycles. The molecule has 1 N–H and O–H groups in total. The summed E-state index contributed by atoms with van der Waals surface area (Å²) < 4.78 is 16.4. The highest BCUT2D eigenvalue weighted by atomic mass is 16.8. The van der Waals surface area contributed by atoms with Crippen LogP contribution in [-0.4, -0.2) is 47.6 Å². The maximum atomic E-state index is 11.2. The van der Waals surface area contributed by atoms with Crippen molar-refractivity contribution < 1.29 is 28.9 Å². The molecular weight excluding hydrogens is 240 g/mol. The molecule has 1 spiro atoms. The molecule has 2 saturated heterocycles. The summed E-state index contributed by atoms with van der Waals surface area (Å²) in [5, 5.41) is 9.64. The number of ketones is 1. The van der Waals surface area contributed by atoms with Gasteiger partial charge in [0.25, 0.3) is 5.78 Å². The number of carbonyl (C=O) groups is 2. The van der Waals surface area contributed by atoms with Crippen molar-refractivity contribution in [2.75, 3.05) is 6.61 Å². The molecular formula is C12H16O6. The van der Waals surface area contributed by atoms with E-state index in [2.05, 4.69) is 0 Å². The van der Waals surface area contributed by atoms with Gasteiger partial charge in [0, 0.05) is 12.8 Å². The molecule has 3 aliphatic rings. The van der Waals surface area contributed by atoms with Gasteiger partial charge in [-0.15, -0.1) is 0 Å². The van der Waals surface area contributed by atoms with Crippen LogP contribution >= 0.6 is 0 Å².